The molecule has 0 saturated carbocycles. The molecule has 1 aromatic rings. The van der Waals surface area contributed by atoms with Crippen LogP contribution < -0.4 is 4.90 Å². The van der Waals surface area contributed by atoms with Crippen LogP contribution in [0, 0.1) is 0 Å². The van der Waals surface area contributed by atoms with Crippen molar-refractivity contribution in [3.63, 3.8) is 0 Å². The van der Waals surface area contributed by atoms with Crippen molar-refractivity contribution in [1.29, 1.82) is 0 Å². The molecule has 0 aliphatic carbocycles. The number of hydrogen-bond donors (Lipinski definition) is 1. The molecule has 1 aromatic carbocycles. The summed E-state index contributed by atoms with van der Waals surface area (Å²) in [6, 6.07) is 7.98. The molecule has 88 valence electrons. The van der Waals surface area contributed by atoms with Gasteiger partial charge in [0.05, 0.1) is 6.10 Å². The molecule has 2 nitrogen and oxygen atoms in total. The van der Waals surface area contributed by atoms with E-state index in [1.165, 1.54) is 0 Å². The summed E-state index contributed by atoms with van der Waals surface area (Å²) < 4.78 is 0. The van der Waals surface area contributed by atoms with Crippen LogP contribution in [-0.2, 0) is 0 Å². The van der Waals surface area contributed by atoms with Crippen molar-refractivity contribution in [2.45, 2.75) is 26.9 Å². The van der Waals surface area contributed by atoms with Gasteiger partial charge >= 0.3 is 0 Å². The van der Waals surface area contributed by atoms with Gasteiger partial charge in [0.1, 0.15) is 0 Å². The average molecular weight is 219 g/mol. The van der Waals surface area contributed by atoms with Crippen LogP contribution in [0.5, 0.6) is 0 Å². The van der Waals surface area contributed by atoms with Crippen molar-refractivity contribution in [2.75, 3.05) is 18.0 Å². The van der Waals surface area contributed by atoms with Crippen LogP contribution in [-0.4, -0.2) is 18.2 Å². The number of aliphatic hydroxyl groups is 1. The van der Waals surface area contributed by atoms with Gasteiger partial charge in [0.2, 0.25) is 0 Å². The molecule has 0 aliphatic rings. The van der Waals surface area contributed by atoms with E-state index in [-0.39, 0.29) is 0 Å². The lowest BCUT2D eigenvalue weighted by atomic mass is 10.1. The third-order valence-electron chi connectivity index (χ3n) is 2.57. The number of hydrogen-bond acceptors (Lipinski definition) is 2. The molecule has 1 atom stereocenters. The predicted molar refractivity (Wildman–Crippen MR) is 69.8 cm³/mol. The molecule has 0 bridgehead atoms. The molecule has 0 fully saturated rings. The third-order valence-corrected chi connectivity index (χ3v) is 2.57. The van der Waals surface area contributed by atoms with E-state index >= 15 is 0 Å². The minimum Gasteiger partial charge on any atom is -0.389 e. The number of benzene rings is 1. The molecule has 1 N–H and O–H groups in total. The topological polar surface area (TPSA) is 23.5 Å². The summed E-state index contributed by atoms with van der Waals surface area (Å²) in [6.45, 7) is 11.6. The second-order valence-electron chi connectivity index (χ2n) is 4.21. The lowest BCUT2D eigenvalue weighted by molar-refractivity contribution is 0.199. The molecule has 0 radical (unpaired) electrons. The molecule has 2 heteroatoms. The minimum absolute atomic E-state index is 0.435. The maximum absolute atomic E-state index is 9.73. The first-order chi connectivity index (χ1) is 7.56. The second kappa shape index (κ2) is 5.71. The summed E-state index contributed by atoms with van der Waals surface area (Å²) in [7, 11) is 0. The average Bonchev–Trinajstić information content (AvgIpc) is 2.25. The molecular formula is C14H21NO. The molecular weight excluding hydrogens is 198 g/mol. The van der Waals surface area contributed by atoms with E-state index < -0.39 is 6.10 Å². The Labute approximate surface area is 98.2 Å². The maximum Gasteiger partial charge on any atom is 0.0781 e. The van der Waals surface area contributed by atoms with Gasteiger partial charge < -0.3 is 10.0 Å². The van der Waals surface area contributed by atoms with E-state index in [4.69, 9.17) is 0 Å². The van der Waals surface area contributed by atoms with E-state index in [1.807, 2.05) is 25.1 Å². The first kappa shape index (κ1) is 12.8. The SMILES string of the molecule is C=C(C)CN(CC)c1ccccc1C(C)O. The van der Waals surface area contributed by atoms with Gasteiger partial charge in [-0.05, 0) is 26.8 Å². The van der Waals surface area contributed by atoms with E-state index in [9.17, 15) is 5.11 Å². The van der Waals surface area contributed by atoms with Gasteiger partial charge in [-0.2, -0.15) is 0 Å². The smallest absolute Gasteiger partial charge is 0.0781 e. The van der Waals surface area contributed by atoms with Gasteiger partial charge in [-0.15, -0.1) is 0 Å². The summed E-state index contributed by atoms with van der Waals surface area (Å²) in [5.41, 5.74) is 3.20. The van der Waals surface area contributed by atoms with Gasteiger partial charge in [0, 0.05) is 24.3 Å². The quantitative estimate of drug-likeness (QED) is 0.769. The fourth-order valence-corrected chi connectivity index (χ4v) is 1.82. The Hall–Kier alpha value is -1.28. The van der Waals surface area contributed by atoms with Crippen molar-refractivity contribution >= 4 is 5.69 Å². The van der Waals surface area contributed by atoms with Crippen LogP contribution in [0.15, 0.2) is 36.4 Å². The second-order valence-corrected chi connectivity index (χ2v) is 4.21. The van der Waals surface area contributed by atoms with Crippen LogP contribution in [0.2, 0.25) is 0 Å². The van der Waals surface area contributed by atoms with Crippen molar-refractivity contribution in [3.8, 4) is 0 Å². The van der Waals surface area contributed by atoms with Crippen LogP contribution in [0.1, 0.15) is 32.4 Å². The van der Waals surface area contributed by atoms with Crippen molar-refractivity contribution < 1.29 is 5.11 Å². The molecule has 0 heterocycles. The molecule has 0 aliphatic heterocycles. The van der Waals surface area contributed by atoms with Crippen LogP contribution in [0.4, 0.5) is 5.69 Å². The molecule has 0 amide bonds. The summed E-state index contributed by atoms with van der Waals surface area (Å²) in [6.07, 6.45) is -0.435. The number of nitrogens with zero attached hydrogens (tertiary/aromatic N) is 1. The van der Waals surface area contributed by atoms with Gasteiger partial charge in [-0.1, -0.05) is 30.4 Å². The highest BCUT2D eigenvalue weighted by molar-refractivity contribution is 5.55. The van der Waals surface area contributed by atoms with Crippen molar-refractivity contribution in [1.82, 2.24) is 0 Å². The summed E-state index contributed by atoms with van der Waals surface area (Å²) in [4.78, 5) is 2.23. The van der Waals surface area contributed by atoms with Gasteiger partial charge in [0.25, 0.3) is 0 Å². The molecule has 0 saturated heterocycles. The summed E-state index contributed by atoms with van der Waals surface area (Å²) >= 11 is 0. The zero-order chi connectivity index (χ0) is 12.1. The standard InChI is InChI=1S/C14H21NO/c1-5-15(10-11(2)3)14-9-7-6-8-13(14)12(4)16/h6-9,12,16H,2,5,10H2,1,3-4H3. The van der Waals surface area contributed by atoms with Crippen molar-refractivity contribution in [2.24, 2.45) is 0 Å². The molecule has 0 spiro atoms. The Morgan fingerprint density at radius 3 is 2.56 bits per heavy atom. The zero-order valence-electron chi connectivity index (χ0n) is 10.4. The first-order valence-electron chi connectivity index (χ1n) is 5.72. The Kier molecular flexibility index (Phi) is 4.56. The molecule has 1 rings (SSSR count). The number of likely N-dealkylation sites (N-methyl/N-ethyl adjacent to an activating group) is 1. The van der Waals surface area contributed by atoms with E-state index in [0.29, 0.717) is 0 Å². The Balaban J connectivity index is 3.03. The minimum atomic E-state index is -0.435. The van der Waals surface area contributed by atoms with Gasteiger partial charge in [-0.3, -0.25) is 0 Å². The summed E-state index contributed by atoms with van der Waals surface area (Å²) in [5, 5.41) is 9.73. The lowest BCUT2D eigenvalue weighted by Gasteiger charge is -2.26. The normalized spacial score (nSPS) is 12.2. The van der Waals surface area contributed by atoms with E-state index in [2.05, 4.69) is 24.5 Å². The number of para-hydroxylation sites is 1. The largest absolute Gasteiger partial charge is 0.389 e. The lowest BCUT2D eigenvalue weighted by Crippen LogP contribution is -2.25. The highest BCUT2D eigenvalue weighted by Crippen LogP contribution is 2.26. The van der Waals surface area contributed by atoms with Gasteiger partial charge in [-0.25, -0.2) is 0 Å². The highest BCUT2D eigenvalue weighted by Gasteiger charge is 2.12. The van der Waals surface area contributed by atoms with Crippen LogP contribution in [0.3, 0.4) is 0 Å². The first-order valence-corrected chi connectivity index (χ1v) is 5.72. The van der Waals surface area contributed by atoms with Gasteiger partial charge in [0.15, 0.2) is 0 Å². The van der Waals surface area contributed by atoms with Crippen LogP contribution in [0.25, 0.3) is 0 Å². The molecule has 16 heavy (non-hydrogen) atoms. The summed E-state index contributed by atoms with van der Waals surface area (Å²) in [5.74, 6) is 0. The Morgan fingerprint density at radius 1 is 1.44 bits per heavy atom. The van der Waals surface area contributed by atoms with E-state index in [1.54, 1.807) is 6.92 Å². The Morgan fingerprint density at radius 2 is 2.06 bits per heavy atom. The fraction of sp³-hybridized carbons (Fsp3) is 0.429. The number of aliphatic hydroxyl groups excluding tert-OH is 1. The predicted octanol–water partition coefficient (Wildman–Crippen LogP) is 3.14. The van der Waals surface area contributed by atoms with E-state index in [0.717, 1.165) is 29.9 Å². The molecule has 0 aromatic heterocycles. The van der Waals surface area contributed by atoms with Crippen LogP contribution >= 0.6 is 0 Å². The maximum atomic E-state index is 9.73. The number of rotatable bonds is 5. The zero-order valence-corrected chi connectivity index (χ0v) is 10.4. The number of anilines is 1. The third kappa shape index (κ3) is 3.11. The molecule has 1 unspecified atom stereocenters. The van der Waals surface area contributed by atoms with Crippen molar-refractivity contribution in [3.05, 3.63) is 42.0 Å². The Bertz CT molecular complexity index is 358. The fourth-order valence-electron chi connectivity index (χ4n) is 1.82. The monoisotopic (exact) mass is 219 g/mol. The highest BCUT2D eigenvalue weighted by atomic mass is 16.3.